The number of nitrogens with zero attached hydrogens (tertiary/aromatic N) is 2. The minimum absolute atomic E-state index is 0.0449. The zero-order valence-electron chi connectivity index (χ0n) is 10.4. The fourth-order valence-electron chi connectivity index (χ4n) is 2.00. The van der Waals surface area contributed by atoms with Gasteiger partial charge in [0, 0.05) is 33.3 Å². The van der Waals surface area contributed by atoms with Gasteiger partial charge in [-0.05, 0) is 0 Å². The number of ether oxygens (including phenoxy) is 2. The largest absolute Gasteiger partial charge is 0.378 e. The second-order valence-electron chi connectivity index (χ2n) is 4.42. The molecule has 0 atom stereocenters. The SMILES string of the molecule is COCC(=O)N1CCN(S(=O)(=O)C2COC2)CC1. The topological polar surface area (TPSA) is 76.2 Å². The molecule has 0 saturated carbocycles. The van der Waals surface area contributed by atoms with E-state index in [0.717, 1.165) is 0 Å². The molecule has 7 nitrogen and oxygen atoms in total. The number of piperazine rings is 1. The van der Waals surface area contributed by atoms with Crippen molar-refractivity contribution in [2.75, 3.05) is 53.1 Å². The molecule has 1 amide bonds. The molecule has 18 heavy (non-hydrogen) atoms. The molecule has 2 aliphatic rings. The Kier molecular flexibility index (Phi) is 4.21. The molecule has 2 rings (SSSR count). The Morgan fingerprint density at radius 2 is 1.89 bits per heavy atom. The van der Waals surface area contributed by atoms with Gasteiger partial charge in [-0.1, -0.05) is 0 Å². The summed E-state index contributed by atoms with van der Waals surface area (Å²) in [5.74, 6) is -0.0958. The summed E-state index contributed by atoms with van der Waals surface area (Å²) in [7, 11) is -1.78. The van der Waals surface area contributed by atoms with Crippen LogP contribution >= 0.6 is 0 Å². The van der Waals surface area contributed by atoms with E-state index in [-0.39, 0.29) is 25.7 Å². The van der Waals surface area contributed by atoms with Crippen molar-refractivity contribution in [1.82, 2.24) is 9.21 Å². The van der Waals surface area contributed by atoms with Gasteiger partial charge in [0.25, 0.3) is 0 Å². The number of hydrogen-bond acceptors (Lipinski definition) is 5. The predicted molar refractivity (Wildman–Crippen MR) is 63.6 cm³/mol. The predicted octanol–water partition coefficient (Wildman–Crippen LogP) is -1.49. The van der Waals surface area contributed by atoms with Crippen molar-refractivity contribution >= 4 is 15.9 Å². The Morgan fingerprint density at radius 1 is 1.28 bits per heavy atom. The minimum atomic E-state index is -3.25. The number of carbonyl (C=O) groups excluding carboxylic acids is 1. The second kappa shape index (κ2) is 5.52. The first-order valence-electron chi connectivity index (χ1n) is 5.89. The van der Waals surface area contributed by atoms with E-state index in [9.17, 15) is 13.2 Å². The van der Waals surface area contributed by atoms with Crippen LogP contribution in [0.4, 0.5) is 0 Å². The van der Waals surface area contributed by atoms with E-state index in [1.165, 1.54) is 11.4 Å². The third-order valence-electron chi connectivity index (χ3n) is 3.25. The Morgan fingerprint density at radius 3 is 2.33 bits per heavy atom. The smallest absolute Gasteiger partial charge is 0.248 e. The van der Waals surface area contributed by atoms with Crippen molar-refractivity contribution in [2.45, 2.75) is 5.25 Å². The van der Waals surface area contributed by atoms with Crippen molar-refractivity contribution in [2.24, 2.45) is 0 Å². The minimum Gasteiger partial charge on any atom is -0.378 e. The Bertz CT molecular complexity index is 398. The van der Waals surface area contributed by atoms with E-state index in [1.807, 2.05) is 0 Å². The number of rotatable bonds is 4. The molecule has 0 aliphatic carbocycles. The molecule has 0 aromatic rings. The van der Waals surface area contributed by atoms with E-state index >= 15 is 0 Å². The summed E-state index contributed by atoms with van der Waals surface area (Å²) < 4.78 is 35.3. The van der Waals surface area contributed by atoms with Crippen LogP contribution in [0, 0.1) is 0 Å². The van der Waals surface area contributed by atoms with Gasteiger partial charge in [-0.25, -0.2) is 8.42 Å². The summed E-state index contributed by atoms with van der Waals surface area (Å²) in [6, 6.07) is 0. The maximum atomic E-state index is 12.1. The lowest BCUT2D eigenvalue weighted by Crippen LogP contribution is -2.56. The molecule has 2 heterocycles. The normalized spacial score (nSPS) is 22.8. The van der Waals surface area contributed by atoms with Gasteiger partial charge in [0.2, 0.25) is 15.9 Å². The van der Waals surface area contributed by atoms with Gasteiger partial charge >= 0.3 is 0 Å². The molecule has 2 fully saturated rings. The fourth-order valence-corrected chi connectivity index (χ4v) is 3.63. The van der Waals surface area contributed by atoms with Gasteiger partial charge in [-0.2, -0.15) is 4.31 Å². The molecule has 0 spiro atoms. The molecular formula is C10H18N2O5S. The number of carbonyl (C=O) groups is 1. The van der Waals surface area contributed by atoms with Gasteiger partial charge in [0.05, 0.1) is 13.2 Å². The molecule has 2 saturated heterocycles. The van der Waals surface area contributed by atoms with E-state index < -0.39 is 15.3 Å². The highest BCUT2D eigenvalue weighted by Gasteiger charge is 2.38. The second-order valence-corrected chi connectivity index (χ2v) is 6.63. The Hall–Kier alpha value is -0.700. The van der Waals surface area contributed by atoms with Crippen LogP contribution < -0.4 is 0 Å². The van der Waals surface area contributed by atoms with Crippen molar-refractivity contribution in [3.05, 3.63) is 0 Å². The quantitative estimate of drug-likeness (QED) is 0.626. The van der Waals surface area contributed by atoms with Crippen LogP contribution in [0.1, 0.15) is 0 Å². The average molecular weight is 278 g/mol. The molecule has 8 heteroatoms. The van der Waals surface area contributed by atoms with Gasteiger partial charge in [0.15, 0.2) is 0 Å². The maximum absolute atomic E-state index is 12.1. The van der Waals surface area contributed by atoms with Crippen molar-refractivity contribution in [1.29, 1.82) is 0 Å². The van der Waals surface area contributed by atoms with Crippen LogP contribution in [0.15, 0.2) is 0 Å². The maximum Gasteiger partial charge on any atom is 0.248 e. The third kappa shape index (κ3) is 2.66. The summed E-state index contributed by atoms with van der Waals surface area (Å²) in [6.45, 7) is 2.17. The van der Waals surface area contributed by atoms with Crippen LogP contribution in [0.5, 0.6) is 0 Å². The number of methoxy groups -OCH3 is 1. The summed E-state index contributed by atoms with van der Waals surface area (Å²) in [4.78, 5) is 13.2. The van der Waals surface area contributed by atoms with E-state index in [0.29, 0.717) is 26.2 Å². The molecule has 104 valence electrons. The summed E-state index contributed by atoms with van der Waals surface area (Å²) in [5, 5.41) is -0.404. The van der Waals surface area contributed by atoms with Crippen LogP contribution in [-0.2, 0) is 24.3 Å². The molecule has 0 N–H and O–H groups in total. The van der Waals surface area contributed by atoms with Crippen molar-refractivity contribution < 1.29 is 22.7 Å². The molecule has 0 unspecified atom stereocenters. The number of hydrogen-bond donors (Lipinski definition) is 0. The van der Waals surface area contributed by atoms with Gasteiger partial charge in [-0.3, -0.25) is 4.79 Å². The first kappa shape index (κ1) is 13.7. The van der Waals surface area contributed by atoms with Gasteiger partial charge in [0.1, 0.15) is 11.9 Å². The highest BCUT2D eigenvalue weighted by atomic mass is 32.2. The van der Waals surface area contributed by atoms with Gasteiger partial charge < -0.3 is 14.4 Å². The zero-order chi connectivity index (χ0) is 13.2. The Balaban J connectivity index is 1.88. The van der Waals surface area contributed by atoms with Crippen LogP contribution in [-0.4, -0.2) is 81.9 Å². The standard InChI is InChI=1S/C10H18N2O5S/c1-16-8-10(13)11-2-4-12(5-3-11)18(14,15)9-6-17-7-9/h9H,2-8H2,1H3. The average Bonchev–Trinajstić information content (AvgIpc) is 2.26. The van der Waals surface area contributed by atoms with E-state index in [4.69, 9.17) is 9.47 Å². The summed E-state index contributed by atoms with van der Waals surface area (Å²) >= 11 is 0. The lowest BCUT2D eigenvalue weighted by Gasteiger charge is -2.37. The monoisotopic (exact) mass is 278 g/mol. The Labute approximate surface area is 107 Å². The van der Waals surface area contributed by atoms with Crippen LogP contribution in [0.2, 0.25) is 0 Å². The molecular weight excluding hydrogens is 260 g/mol. The molecule has 0 radical (unpaired) electrons. The number of sulfonamides is 1. The first-order valence-corrected chi connectivity index (χ1v) is 7.39. The summed E-state index contributed by atoms with van der Waals surface area (Å²) in [6.07, 6.45) is 0. The van der Waals surface area contributed by atoms with E-state index in [1.54, 1.807) is 4.90 Å². The van der Waals surface area contributed by atoms with Crippen LogP contribution in [0.25, 0.3) is 0 Å². The van der Waals surface area contributed by atoms with Gasteiger partial charge in [-0.15, -0.1) is 0 Å². The highest BCUT2D eigenvalue weighted by molar-refractivity contribution is 7.89. The zero-order valence-corrected chi connectivity index (χ0v) is 11.2. The molecule has 0 aromatic carbocycles. The molecule has 0 aromatic heterocycles. The van der Waals surface area contributed by atoms with Crippen LogP contribution in [0.3, 0.4) is 0 Å². The lowest BCUT2D eigenvalue weighted by molar-refractivity contribution is -0.136. The summed E-state index contributed by atoms with van der Waals surface area (Å²) in [5.41, 5.74) is 0. The van der Waals surface area contributed by atoms with Crippen molar-refractivity contribution in [3.63, 3.8) is 0 Å². The van der Waals surface area contributed by atoms with E-state index in [2.05, 4.69) is 0 Å². The molecule has 0 bridgehead atoms. The highest BCUT2D eigenvalue weighted by Crippen LogP contribution is 2.18. The lowest BCUT2D eigenvalue weighted by atomic mass is 10.3. The number of amides is 1. The third-order valence-corrected chi connectivity index (χ3v) is 5.45. The molecule has 2 aliphatic heterocycles. The fraction of sp³-hybridized carbons (Fsp3) is 0.900. The van der Waals surface area contributed by atoms with Crippen molar-refractivity contribution in [3.8, 4) is 0 Å². The first-order chi connectivity index (χ1) is 8.55.